The van der Waals surface area contributed by atoms with Crippen LogP contribution in [-0.2, 0) is 16.6 Å². The van der Waals surface area contributed by atoms with E-state index in [0.29, 0.717) is 5.56 Å². The summed E-state index contributed by atoms with van der Waals surface area (Å²) in [6.45, 7) is -0.0349. The first kappa shape index (κ1) is 16.0. The Morgan fingerprint density at radius 3 is 2.29 bits per heavy atom. The van der Waals surface area contributed by atoms with E-state index in [4.69, 9.17) is 28.9 Å². The minimum absolute atomic E-state index is 0.0349. The Morgan fingerprint density at radius 1 is 1.10 bits per heavy atom. The minimum atomic E-state index is -4.00. The van der Waals surface area contributed by atoms with Gasteiger partial charge < -0.3 is 5.73 Å². The number of nitrogens with one attached hydrogen (secondary N) is 1. The van der Waals surface area contributed by atoms with Crippen molar-refractivity contribution in [2.75, 3.05) is 4.72 Å². The zero-order valence-corrected chi connectivity index (χ0v) is 12.9. The monoisotopic (exact) mass is 348 g/mol. The molecule has 0 saturated carbocycles. The van der Waals surface area contributed by atoms with Crippen molar-refractivity contribution in [3.05, 3.63) is 57.8 Å². The zero-order chi connectivity index (χ0) is 15.6. The van der Waals surface area contributed by atoms with Crippen LogP contribution in [0.25, 0.3) is 0 Å². The van der Waals surface area contributed by atoms with E-state index in [2.05, 4.69) is 4.72 Å². The Hall–Kier alpha value is -1.34. The van der Waals surface area contributed by atoms with E-state index in [1.165, 1.54) is 24.3 Å². The maximum Gasteiger partial charge on any atom is 0.262 e. The van der Waals surface area contributed by atoms with Gasteiger partial charge in [0, 0.05) is 16.6 Å². The first-order valence-corrected chi connectivity index (χ1v) is 8.03. The van der Waals surface area contributed by atoms with Gasteiger partial charge >= 0.3 is 0 Å². The van der Waals surface area contributed by atoms with Gasteiger partial charge in [-0.05, 0) is 35.9 Å². The van der Waals surface area contributed by atoms with Crippen molar-refractivity contribution in [3.8, 4) is 0 Å². The summed E-state index contributed by atoms with van der Waals surface area (Å²) in [5, 5.41) is 0.553. The second-order valence-electron chi connectivity index (χ2n) is 4.22. The average molecular weight is 349 g/mol. The van der Waals surface area contributed by atoms with Crippen LogP contribution in [0.5, 0.6) is 0 Å². The molecule has 0 fully saturated rings. The Labute approximate surface area is 131 Å². The predicted octanol–water partition coefficient (Wildman–Crippen LogP) is 3.39. The molecule has 3 N–H and O–H groups in total. The van der Waals surface area contributed by atoms with E-state index in [0.717, 1.165) is 12.1 Å². The summed E-state index contributed by atoms with van der Waals surface area (Å²) < 4.78 is 40.3. The number of nitrogens with two attached hydrogens (primary N) is 1. The molecule has 0 saturated heterocycles. The molecule has 0 bridgehead atoms. The van der Waals surface area contributed by atoms with Gasteiger partial charge in [0.2, 0.25) is 0 Å². The van der Waals surface area contributed by atoms with E-state index in [1.807, 2.05) is 0 Å². The molecule has 0 amide bonds. The molecule has 0 radical (unpaired) electrons. The number of benzene rings is 2. The molecule has 0 unspecified atom stereocenters. The number of anilines is 1. The van der Waals surface area contributed by atoms with Crippen molar-refractivity contribution >= 4 is 38.9 Å². The lowest BCUT2D eigenvalue weighted by atomic mass is 10.2. The molecule has 2 aromatic carbocycles. The molecule has 2 aromatic rings. The molecule has 0 aliphatic heterocycles. The highest BCUT2D eigenvalue weighted by molar-refractivity contribution is 7.92. The van der Waals surface area contributed by atoms with Gasteiger partial charge in [-0.3, -0.25) is 4.72 Å². The second-order valence-corrected chi connectivity index (χ2v) is 6.74. The van der Waals surface area contributed by atoms with Crippen LogP contribution in [0.1, 0.15) is 5.56 Å². The number of sulfonamides is 1. The van der Waals surface area contributed by atoms with Gasteiger partial charge in [0.1, 0.15) is 5.82 Å². The summed E-state index contributed by atoms with van der Waals surface area (Å²) in [5.41, 5.74) is 5.97. The smallest absolute Gasteiger partial charge is 0.262 e. The van der Waals surface area contributed by atoms with Crippen LogP contribution in [0.3, 0.4) is 0 Å². The Bertz CT molecular complexity index is 761. The van der Waals surface area contributed by atoms with Gasteiger partial charge in [-0.15, -0.1) is 0 Å². The highest BCUT2D eigenvalue weighted by atomic mass is 35.5. The molecule has 4 nitrogen and oxygen atoms in total. The van der Waals surface area contributed by atoms with Gasteiger partial charge in [-0.1, -0.05) is 29.3 Å². The topological polar surface area (TPSA) is 72.2 Å². The fourth-order valence-electron chi connectivity index (χ4n) is 1.77. The third kappa shape index (κ3) is 3.85. The van der Waals surface area contributed by atoms with Crippen LogP contribution < -0.4 is 10.5 Å². The molecule has 21 heavy (non-hydrogen) atoms. The largest absolute Gasteiger partial charge is 0.326 e. The van der Waals surface area contributed by atoms with Gasteiger partial charge in [-0.25, -0.2) is 12.8 Å². The minimum Gasteiger partial charge on any atom is -0.326 e. The van der Waals surface area contributed by atoms with Crippen LogP contribution in [0, 0.1) is 5.82 Å². The van der Waals surface area contributed by atoms with Crippen molar-refractivity contribution in [1.29, 1.82) is 0 Å². The van der Waals surface area contributed by atoms with Crippen LogP contribution in [0.15, 0.2) is 41.3 Å². The van der Waals surface area contributed by atoms with E-state index in [9.17, 15) is 12.8 Å². The van der Waals surface area contributed by atoms with Gasteiger partial charge in [-0.2, -0.15) is 0 Å². The maximum atomic E-state index is 13.3. The fourth-order valence-corrected chi connectivity index (χ4v) is 3.60. The standard InChI is InChI=1S/C13H11Cl2FN2O2S/c14-9-3-10(15)5-12(4-9)18-21(19,20)13-6-11(16)2-1-8(13)7-17/h1-6,18H,7,17H2. The van der Waals surface area contributed by atoms with Gasteiger partial charge in [0.25, 0.3) is 10.0 Å². The van der Waals surface area contributed by atoms with E-state index < -0.39 is 15.8 Å². The molecular weight excluding hydrogens is 338 g/mol. The number of rotatable bonds is 4. The molecule has 112 valence electrons. The van der Waals surface area contributed by atoms with Crippen molar-refractivity contribution in [2.24, 2.45) is 5.73 Å². The highest BCUT2D eigenvalue weighted by Crippen LogP contribution is 2.26. The summed E-state index contributed by atoms with van der Waals surface area (Å²) in [5.74, 6) is -0.670. The normalized spacial score (nSPS) is 11.4. The molecular formula is C13H11Cl2FN2O2S. The van der Waals surface area contributed by atoms with Gasteiger partial charge in [0.05, 0.1) is 10.6 Å². The number of hydrogen-bond donors (Lipinski definition) is 2. The molecule has 8 heteroatoms. The lowest BCUT2D eigenvalue weighted by Crippen LogP contribution is -2.16. The quantitative estimate of drug-likeness (QED) is 0.889. The highest BCUT2D eigenvalue weighted by Gasteiger charge is 2.19. The lowest BCUT2D eigenvalue weighted by Gasteiger charge is -2.12. The molecule has 0 aromatic heterocycles. The molecule has 0 heterocycles. The molecule has 0 aliphatic carbocycles. The van der Waals surface area contributed by atoms with Crippen LogP contribution in [-0.4, -0.2) is 8.42 Å². The van der Waals surface area contributed by atoms with Crippen LogP contribution in [0.2, 0.25) is 10.0 Å². The molecule has 0 atom stereocenters. The average Bonchev–Trinajstić information content (AvgIpc) is 2.36. The first-order chi connectivity index (χ1) is 9.81. The summed E-state index contributed by atoms with van der Waals surface area (Å²) in [6, 6.07) is 7.65. The third-order valence-electron chi connectivity index (χ3n) is 2.65. The number of halogens is 3. The van der Waals surface area contributed by atoms with Crippen LogP contribution >= 0.6 is 23.2 Å². The molecule has 0 spiro atoms. The van der Waals surface area contributed by atoms with Gasteiger partial charge in [0.15, 0.2) is 0 Å². The fraction of sp³-hybridized carbons (Fsp3) is 0.0769. The summed E-state index contributed by atoms with van der Waals surface area (Å²) in [4.78, 5) is -0.221. The second kappa shape index (κ2) is 6.19. The van der Waals surface area contributed by atoms with E-state index >= 15 is 0 Å². The number of hydrogen-bond acceptors (Lipinski definition) is 3. The Kier molecular flexibility index (Phi) is 4.73. The maximum absolute atomic E-state index is 13.3. The summed E-state index contributed by atoms with van der Waals surface area (Å²) in [6.07, 6.45) is 0. The van der Waals surface area contributed by atoms with Crippen molar-refractivity contribution in [3.63, 3.8) is 0 Å². The first-order valence-electron chi connectivity index (χ1n) is 5.79. The lowest BCUT2D eigenvalue weighted by molar-refractivity contribution is 0.593. The van der Waals surface area contributed by atoms with E-state index in [1.54, 1.807) is 0 Å². The van der Waals surface area contributed by atoms with E-state index in [-0.39, 0.29) is 27.2 Å². The summed E-state index contributed by atoms with van der Waals surface area (Å²) >= 11 is 11.6. The van der Waals surface area contributed by atoms with Crippen LogP contribution in [0.4, 0.5) is 10.1 Å². The SMILES string of the molecule is NCc1ccc(F)cc1S(=O)(=O)Nc1cc(Cl)cc(Cl)c1. The zero-order valence-electron chi connectivity index (χ0n) is 10.6. The Balaban J connectivity index is 2.45. The Morgan fingerprint density at radius 2 is 1.71 bits per heavy atom. The summed E-state index contributed by atoms with van der Waals surface area (Å²) in [7, 11) is -4.00. The molecule has 2 rings (SSSR count). The predicted molar refractivity (Wildman–Crippen MR) is 81.6 cm³/mol. The van der Waals surface area contributed by atoms with Crippen molar-refractivity contribution < 1.29 is 12.8 Å². The molecule has 0 aliphatic rings. The van der Waals surface area contributed by atoms with Crippen molar-refractivity contribution in [1.82, 2.24) is 0 Å². The van der Waals surface area contributed by atoms with Crippen molar-refractivity contribution in [2.45, 2.75) is 11.4 Å². The third-order valence-corrected chi connectivity index (χ3v) is 4.55.